The second-order valence-electron chi connectivity index (χ2n) is 4.66. The molecule has 1 aromatic rings. The normalized spacial score (nSPS) is 19.4. The van der Waals surface area contributed by atoms with E-state index in [-0.39, 0.29) is 6.07 Å². The monoisotopic (exact) mass is 321 g/mol. The predicted molar refractivity (Wildman–Crippen MR) is 69.2 cm³/mol. The van der Waals surface area contributed by atoms with Gasteiger partial charge in [-0.1, -0.05) is 0 Å². The third-order valence-corrected chi connectivity index (χ3v) is 4.64. The standard InChI is InChI=1S/C11H13F2N3O4S/c12-8-4-9(13)11(5-10(8)16(17)18)21(19,20)15-7-2-1-3-14-6-7/h4-5,7,14-15H,1-3,6H2. The lowest BCUT2D eigenvalue weighted by Gasteiger charge is -2.23. The van der Waals surface area contributed by atoms with E-state index in [0.29, 0.717) is 19.0 Å². The average molecular weight is 321 g/mol. The van der Waals surface area contributed by atoms with E-state index in [1.54, 1.807) is 0 Å². The topological polar surface area (TPSA) is 101 Å². The molecule has 1 unspecified atom stereocenters. The largest absolute Gasteiger partial charge is 0.315 e. The highest BCUT2D eigenvalue weighted by Crippen LogP contribution is 2.25. The Hall–Kier alpha value is -1.65. The quantitative estimate of drug-likeness (QED) is 0.634. The van der Waals surface area contributed by atoms with Crippen molar-refractivity contribution in [1.29, 1.82) is 0 Å². The number of hydrogen-bond donors (Lipinski definition) is 2. The molecule has 2 rings (SSSR count). The molecule has 1 aromatic carbocycles. The van der Waals surface area contributed by atoms with Crippen LogP contribution in [0.15, 0.2) is 17.0 Å². The number of nitrogens with one attached hydrogen (secondary N) is 2. The highest BCUT2D eigenvalue weighted by molar-refractivity contribution is 7.89. The summed E-state index contributed by atoms with van der Waals surface area (Å²) < 4.78 is 53.3. The van der Waals surface area contributed by atoms with E-state index in [1.807, 2.05) is 0 Å². The Morgan fingerprint density at radius 1 is 1.33 bits per heavy atom. The molecule has 0 aromatic heterocycles. The summed E-state index contributed by atoms with van der Waals surface area (Å²) in [6.45, 7) is 1.14. The van der Waals surface area contributed by atoms with Crippen molar-refractivity contribution in [2.75, 3.05) is 13.1 Å². The molecule has 1 fully saturated rings. The minimum atomic E-state index is -4.30. The molecule has 0 bridgehead atoms. The number of nitrogens with zero attached hydrogens (tertiary/aromatic N) is 1. The number of hydrogen-bond acceptors (Lipinski definition) is 5. The maximum Gasteiger partial charge on any atom is 0.306 e. The van der Waals surface area contributed by atoms with E-state index >= 15 is 0 Å². The minimum Gasteiger partial charge on any atom is -0.315 e. The summed E-state index contributed by atoms with van der Waals surface area (Å²) in [6, 6.07) is 0.155. The van der Waals surface area contributed by atoms with Gasteiger partial charge in [-0.2, -0.15) is 4.39 Å². The summed E-state index contributed by atoms with van der Waals surface area (Å²) in [6.07, 6.45) is 1.32. The molecule has 10 heteroatoms. The first-order chi connectivity index (χ1) is 9.81. The van der Waals surface area contributed by atoms with Crippen LogP contribution in [0.4, 0.5) is 14.5 Å². The van der Waals surface area contributed by atoms with Crippen LogP contribution in [0.1, 0.15) is 12.8 Å². The molecule has 0 radical (unpaired) electrons. The van der Waals surface area contributed by atoms with E-state index in [1.165, 1.54) is 0 Å². The van der Waals surface area contributed by atoms with E-state index < -0.39 is 43.2 Å². The molecule has 1 aliphatic rings. The fourth-order valence-electron chi connectivity index (χ4n) is 2.10. The molecule has 0 amide bonds. The molecule has 7 nitrogen and oxygen atoms in total. The minimum absolute atomic E-state index is 0.200. The van der Waals surface area contributed by atoms with Crippen molar-refractivity contribution in [2.24, 2.45) is 0 Å². The number of halogens is 2. The Morgan fingerprint density at radius 2 is 2.05 bits per heavy atom. The SMILES string of the molecule is O=[N+]([O-])c1cc(S(=O)(=O)NC2CCCNC2)c(F)cc1F. The van der Waals surface area contributed by atoms with Crippen LogP contribution in [0.25, 0.3) is 0 Å². The molecule has 0 spiro atoms. The number of piperidine rings is 1. The number of sulfonamides is 1. The third-order valence-electron chi connectivity index (χ3n) is 3.11. The Morgan fingerprint density at radius 3 is 2.62 bits per heavy atom. The van der Waals surface area contributed by atoms with Crippen molar-refractivity contribution in [3.8, 4) is 0 Å². The first kappa shape index (κ1) is 15.7. The second kappa shape index (κ2) is 6.00. The summed E-state index contributed by atoms with van der Waals surface area (Å²) in [5, 5.41) is 13.6. The molecule has 21 heavy (non-hydrogen) atoms. The van der Waals surface area contributed by atoms with Gasteiger partial charge >= 0.3 is 5.69 Å². The van der Waals surface area contributed by atoms with Gasteiger partial charge in [0, 0.05) is 24.7 Å². The van der Waals surface area contributed by atoms with Gasteiger partial charge in [0.15, 0.2) is 0 Å². The zero-order valence-corrected chi connectivity index (χ0v) is 11.6. The van der Waals surface area contributed by atoms with Gasteiger partial charge in [0.05, 0.1) is 4.92 Å². The van der Waals surface area contributed by atoms with Gasteiger partial charge in [0.2, 0.25) is 15.8 Å². The van der Waals surface area contributed by atoms with Crippen molar-refractivity contribution in [3.05, 3.63) is 33.9 Å². The molecule has 1 atom stereocenters. The first-order valence-electron chi connectivity index (χ1n) is 6.18. The summed E-state index contributed by atoms with van der Waals surface area (Å²) in [5.41, 5.74) is -1.08. The van der Waals surface area contributed by atoms with Crippen LogP contribution in [0.2, 0.25) is 0 Å². The second-order valence-corrected chi connectivity index (χ2v) is 6.34. The fourth-order valence-corrected chi connectivity index (χ4v) is 3.45. The number of rotatable bonds is 4. The Bertz CT molecular complexity index is 660. The molecule has 0 saturated carbocycles. The van der Waals surface area contributed by atoms with Gasteiger partial charge in [-0.25, -0.2) is 17.5 Å². The van der Waals surface area contributed by atoms with Crippen molar-refractivity contribution < 1.29 is 22.1 Å². The van der Waals surface area contributed by atoms with Gasteiger partial charge in [0.25, 0.3) is 0 Å². The van der Waals surface area contributed by atoms with Crippen molar-refractivity contribution in [2.45, 2.75) is 23.8 Å². The zero-order chi connectivity index (χ0) is 15.6. The van der Waals surface area contributed by atoms with Gasteiger partial charge in [0.1, 0.15) is 10.7 Å². The smallest absolute Gasteiger partial charge is 0.306 e. The third kappa shape index (κ3) is 3.52. The molecule has 1 aliphatic heterocycles. The maximum absolute atomic E-state index is 13.6. The summed E-state index contributed by atoms with van der Waals surface area (Å²) in [7, 11) is -4.30. The molecular formula is C11H13F2N3O4S. The van der Waals surface area contributed by atoms with Gasteiger partial charge in [-0.05, 0) is 19.4 Å². The summed E-state index contributed by atoms with van der Waals surface area (Å²) >= 11 is 0. The number of benzene rings is 1. The number of nitro benzene ring substituents is 1. The highest BCUT2D eigenvalue weighted by atomic mass is 32.2. The molecule has 1 saturated heterocycles. The van der Waals surface area contributed by atoms with Gasteiger partial charge in [-0.15, -0.1) is 0 Å². The van der Waals surface area contributed by atoms with E-state index in [4.69, 9.17) is 0 Å². The van der Waals surface area contributed by atoms with Crippen LogP contribution in [0.5, 0.6) is 0 Å². The molecule has 0 aliphatic carbocycles. The van der Waals surface area contributed by atoms with E-state index in [0.717, 1.165) is 13.0 Å². The van der Waals surface area contributed by atoms with Crippen molar-refractivity contribution >= 4 is 15.7 Å². The molecule has 2 N–H and O–H groups in total. The van der Waals surface area contributed by atoms with Crippen LogP contribution < -0.4 is 10.0 Å². The van der Waals surface area contributed by atoms with Crippen LogP contribution in [-0.2, 0) is 10.0 Å². The summed E-state index contributed by atoms with van der Waals surface area (Å²) in [4.78, 5) is 8.59. The lowest BCUT2D eigenvalue weighted by atomic mass is 10.1. The van der Waals surface area contributed by atoms with Crippen LogP contribution >= 0.6 is 0 Å². The lowest BCUT2D eigenvalue weighted by molar-refractivity contribution is -0.387. The van der Waals surface area contributed by atoms with Gasteiger partial charge in [-0.3, -0.25) is 10.1 Å². The van der Waals surface area contributed by atoms with Gasteiger partial charge < -0.3 is 5.32 Å². The Kier molecular flexibility index (Phi) is 4.49. The van der Waals surface area contributed by atoms with Crippen molar-refractivity contribution in [3.63, 3.8) is 0 Å². The Labute approximate surface area is 119 Å². The summed E-state index contributed by atoms with van der Waals surface area (Å²) in [5.74, 6) is -2.79. The highest BCUT2D eigenvalue weighted by Gasteiger charge is 2.28. The molecule has 1 heterocycles. The van der Waals surface area contributed by atoms with Crippen LogP contribution in [0, 0.1) is 21.7 Å². The van der Waals surface area contributed by atoms with E-state index in [2.05, 4.69) is 10.0 Å². The average Bonchev–Trinajstić information content (AvgIpc) is 2.38. The van der Waals surface area contributed by atoms with Crippen LogP contribution in [-0.4, -0.2) is 32.5 Å². The maximum atomic E-state index is 13.6. The molecule has 116 valence electrons. The Balaban J connectivity index is 2.34. The van der Waals surface area contributed by atoms with Crippen molar-refractivity contribution in [1.82, 2.24) is 10.0 Å². The predicted octanol–water partition coefficient (Wildman–Crippen LogP) is 0.903. The fraction of sp³-hybridized carbons (Fsp3) is 0.455. The number of nitro groups is 1. The molecular weight excluding hydrogens is 308 g/mol. The zero-order valence-electron chi connectivity index (χ0n) is 10.8. The first-order valence-corrected chi connectivity index (χ1v) is 7.66. The lowest BCUT2D eigenvalue weighted by Crippen LogP contribution is -2.45. The van der Waals surface area contributed by atoms with E-state index in [9.17, 15) is 27.3 Å². The van der Waals surface area contributed by atoms with Crippen LogP contribution in [0.3, 0.4) is 0 Å².